The van der Waals surface area contributed by atoms with Crippen LogP contribution in [-0.2, 0) is 4.74 Å². The van der Waals surface area contributed by atoms with Gasteiger partial charge in [-0.1, -0.05) is 18.2 Å². The van der Waals surface area contributed by atoms with E-state index in [1.807, 2.05) is 52.0 Å². The molecule has 0 radical (unpaired) electrons. The summed E-state index contributed by atoms with van der Waals surface area (Å²) in [5, 5.41) is 0. The molecule has 0 heterocycles. The van der Waals surface area contributed by atoms with Crippen LogP contribution in [-0.4, -0.2) is 0 Å². The van der Waals surface area contributed by atoms with Crippen molar-refractivity contribution in [2.75, 3.05) is 0 Å². The molecule has 0 aliphatic rings. The number of hydrogen-bond donors (Lipinski definition) is 0. The fraction of sp³-hybridized carbons (Fsp3) is 0.333. The van der Waals surface area contributed by atoms with Gasteiger partial charge in [0.25, 0.3) is 0 Å². The number of rotatable bonds is 4. The van der Waals surface area contributed by atoms with Crippen molar-refractivity contribution in [2.45, 2.75) is 27.7 Å². The first-order chi connectivity index (χ1) is 6.10. The highest BCUT2D eigenvalue weighted by molar-refractivity contribution is 5.21. The van der Waals surface area contributed by atoms with E-state index in [1.165, 1.54) is 0 Å². The van der Waals surface area contributed by atoms with Gasteiger partial charge in [0.2, 0.25) is 0 Å². The molecule has 0 aliphatic carbocycles. The van der Waals surface area contributed by atoms with Gasteiger partial charge in [-0.3, -0.25) is 0 Å². The van der Waals surface area contributed by atoms with E-state index >= 15 is 0 Å². The fourth-order valence-corrected chi connectivity index (χ4v) is 0.658. The van der Waals surface area contributed by atoms with Gasteiger partial charge in [0.1, 0.15) is 5.76 Å². The Hall–Kier alpha value is -1.24. The Balaban J connectivity index is 4.31. The van der Waals surface area contributed by atoms with Crippen LogP contribution < -0.4 is 0 Å². The van der Waals surface area contributed by atoms with E-state index in [2.05, 4.69) is 6.58 Å². The maximum absolute atomic E-state index is 5.49. The molecule has 0 atom stereocenters. The predicted octanol–water partition coefficient (Wildman–Crippen LogP) is 3.96. The van der Waals surface area contributed by atoms with Crippen molar-refractivity contribution in [2.24, 2.45) is 0 Å². The molecule has 0 aromatic rings. The highest BCUT2D eigenvalue weighted by Crippen LogP contribution is 2.08. The number of hydrogen-bond acceptors (Lipinski definition) is 1. The van der Waals surface area contributed by atoms with Crippen LogP contribution in [0.15, 0.2) is 48.0 Å². The molecule has 1 nitrogen and oxygen atoms in total. The van der Waals surface area contributed by atoms with Gasteiger partial charge in [0, 0.05) is 0 Å². The van der Waals surface area contributed by atoms with Crippen LogP contribution in [0.4, 0.5) is 0 Å². The van der Waals surface area contributed by atoms with Gasteiger partial charge in [0.15, 0.2) is 0 Å². The zero-order valence-electron chi connectivity index (χ0n) is 8.92. The zero-order valence-corrected chi connectivity index (χ0v) is 8.92. The molecule has 0 fully saturated rings. The van der Waals surface area contributed by atoms with E-state index < -0.39 is 0 Å². The van der Waals surface area contributed by atoms with Gasteiger partial charge in [-0.25, -0.2) is 0 Å². The third-order valence-electron chi connectivity index (χ3n) is 1.50. The summed E-state index contributed by atoms with van der Waals surface area (Å²) in [5.74, 6) is 1.75. The molecule has 13 heavy (non-hydrogen) atoms. The molecule has 0 saturated heterocycles. The van der Waals surface area contributed by atoms with Crippen LogP contribution in [0, 0.1) is 0 Å². The normalized spacial score (nSPS) is 13.5. The molecule has 0 saturated carbocycles. The van der Waals surface area contributed by atoms with Gasteiger partial charge in [-0.05, 0) is 45.9 Å². The fourth-order valence-electron chi connectivity index (χ4n) is 0.658. The van der Waals surface area contributed by atoms with Crippen molar-refractivity contribution in [1.82, 2.24) is 0 Å². The standard InChI is InChI=1S/C12H18O/c1-6-11(5)13-12(7-2)9-8-10(3)4/h6-9H,3H2,1-2,4-5H3. The van der Waals surface area contributed by atoms with E-state index in [1.54, 1.807) is 0 Å². The second-order valence-corrected chi connectivity index (χ2v) is 2.87. The molecular formula is C12H18O. The maximum atomic E-state index is 5.49. The highest BCUT2D eigenvalue weighted by Gasteiger charge is 1.91. The lowest BCUT2D eigenvalue weighted by Crippen LogP contribution is -1.86. The molecule has 0 rings (SSSR count). The van der Waals surface area contributed by atoms with E-state index in [4.69, 9.17) is 4.74 Å². The Bertz CT molecular complexity index is 254. The first kappa shape index (κ1) is 11.8. The summed E-state index contributed by atoms with van der Waals surface area (Å²) < 4.78 is 5.49. The Labute approximate surface area is 81.1 Å². The van der Waals surface area contributed by atoms with Crippen LogP contribution >= 0.6 is 0 Å². The van der Waals surface area contributed by atoms with Crippen LogP contribution in [0.5, 0.6) is 0 Å². The monoisotopic (exact) mass is 178 g/mol. The summed E-state index contributed by atoms with van der Waals surface area (Å²) in [6.07, 6.45) is 7.69. The van der Waals surface area contributed by atoms with Crippen molar-refractivity contribution in [3.05, 3.63) is 48.0 Å². The lowest BCUT2D eigenvalue weighted by Gasteiger charge is -2.05. The minimum atomic E-state index is 0.846. The summed E-state index contributed by atoms with van der Waals surface area (Å²) in [4.78, 5) is 0. The Morgan fingerprint density at radius 3 is 2.08 bits per heavy atom. The molecule has 72 valence electrons. The van der Waals surface area contributed by atoms with Crippen molar-refractivity contribution < 1.29 is 4.74 Å². The molecule has 0 spiro atoms. The quantitative estimate of drug-likeness (QED) is 0.467. The van der Waals surface area contributed by atoms with Gasteiger partial charge >= 0.3 is 0 Å². The Morgan fingerprint density at radius 1 is 1.08 bits per heavy atom. The minimum absolute atomic E-state index is 0.846. The molecule has 0 bridgehead atoms. The van der Waals surface area contributed by atoms with Crippen molar-refractivity contribution in [1.29, 1.82) is 0 Å². The van der Waals surface area contributed by atoms with Crippen molar-refractivity contribution in [3.8, 4) is 0 Å². The van der Waals surface area contributed by atoms with Gasteiger partial charge < -0.3 is 4.74 Å². The second kappa shape index (κ2) is 6.30. The molecule has 0 aliphatic heterocycles. The smallest absolute Gasteiger partial charge is 0.122 e. The Morgan fingerprint density at radius 2 is 1.69 bits per heavy atom. The summed E-state index contributed by atoms with van der Waals surface area (Å²) in [7, 11) is 0. The van der Waals surface area contributed by atoms with Crippen molar-refractivity contribution in [3.63, 3.8) is 0 Å². The Kier molecular flexibility index (Phi) is 5.69. The summed E-state index contributed by atoms with van der Waals surface area (Å²) in [6.45, 7) is 11.6. The molecule has 0 unspecified atom stereocenters. The van der Waals surface area contributed by atoms with Crippen molar-refractivity contribution >= 4 is 0 Å². The first-order valence-corrected chi connectivity index (χ1v) is 4.40. The van der Waals surface area contributed by atoms with Crippen LogP contribution in [0.25, 0.3) is 0 Å². The molecule has 0 aromatic heterocycles. The van der Waals surface area contributed by atoms with E-state index in [0.29, 0.717) is 0 Å². The topological polar surface area (TPSA) is 9.23 Å². The van der Waals surface area contributed by atoms with Crippen LogP contribution in [0.2, 0.25) is 0 Å². The molecular weight excluding hydrogens is 160 g/mol. The largest absolute Gasteiger partial charge is 0.463 e. The average Bonchev–Trinajstić information content (AvgIpc) is 2.11. The average molecular weight is 178 g/mol. The number of allylic oxidation sites excluding steroid dienone is 6. The van der Waals surface area contributed by atoms with Crippen LogP contribution in [0.3, 0.4) is 0 Å². The SMILES string of the molecule is C=C(C)C=CC(=CC)OC(C)=CC. The van der Waals surface area contributed by atoms with Gasteiger partial charge in [-0.2, -0.15) is 0 Å². The molecule has 0 amide bonds. The van der Waals surface area contributed by atoms with Gasteiger partial charge in [-0.15, -0.1) is 0 Å². The predicted molar refractivity (Wildman–Crippen MR) is 58.2 cm³/mol. The number of ether oxygens (including phenoxy) is 1. The lowest BCUT2D eigenvalue weighted by molar-refractivity contribution is 0.321. The zero-order chi connectivity index (χ0) is 10.3. The summed E-state index contributed by atoms with van der Waals surface area (Å²) in [5.41, 5.74) is 1.01. The summed E-state index contributed by atoms with van der Waals surface area (Å²) in [6, 6.07) is 0. The minimum Gasteiger partial charge on any atom is -0.463 e. The second-order valence-electron chi connectivity index (χ2n) is 2.87. The molecule has 1 heteroatoms. The molecule has 0 aromatic carbocycles. The third-order valence-corrected chi connectivity index (χ3v) is 1.50. The van der Waals surface area contributed by atoms with Crippen LogP contribution in [0.1, 0.15) is 27.7 Å². The summed E-state index contributed by atoms with van der Waals surface area (Å²) >= 11 is 0. The third kappa shape index (κ3) is 5.97. The highest BCUT2D eigenvalue weighted by atomic mass is 16.5. The first-order valence-electron chi connectivity index (χ1n) is 4.40. The maximum Gasteiger partial charge on any atom is 0.122 e. The lowest BCUT2D eigenvalue weighted by atomic mass is 10.3. The molecule has 0 N–H and O–H groups in total. The van der Waals surface area contributed by atoms with E-state index in [0.717, 1.165) is 17.1 Å². The van der Waals surface area contributed by atoms with Gasteiger partial charge in [0.05, 0.1) is 5.76 Å². The van der Waals surface area contributed by atoms with E-state index in [9.17, 15) is 0 Å². The van der Waals surface area contributed by atoms with E-state index in [-0.39, 0.29) is 0 Å².